The van der Waals surface area contributed by atoms with E-state index in [9.17, 15) is 9.59 Å². The maximum atomic E-state index is 12.3. The summed E-state index contributed by atoms with van der Waals surface area (Å²) in [5, 5.41) is 3.05. The van der Waals surface area contributed by atoms with Gasteiger partial charge >= 0.3 is 0 Å². The van der Waals surface area contributed by atoms with E-state index in [1.807, 2.05) is 17.0 Å². The van der Waals surface area contributed by atoms with E-state index in [4.69, 9.17) is 0 Å². The van der Waals surface area contributed by atoms with Gasteiger partial charge in [0.1, 0.15) is 0 Å². The van der Waals surface area contributed by atoms with E-state index in [1.54, 1.807) is 6.92 Å². The summed E-state index contributed by atoms with van der Waals surface area (Å²) >= 11 is 0. The molecule has 4 heteroatoms. The Balaban J connectivity index is 1.42. The average molecular weight is 369 g/mol. The van der Waals surface area contributed by atoms with Crippen molar-refractivity contribution in [3.63, 3.8) is 0 Å². The summed E-state index contributed by atoms with van der Waals surface area (Å²) < 4.78 is 0. The molecule has 1 aromatic carbocycles. The average Bonchev–Trinajstić information content (AvgIpc) is 2.70. The summed E-state index contributed by atoms with van der Waals surface area (Å²) in [6.07, 6.45) is 11.5. The molecule has 4 nitrogen and oxygen atoms in total. The zero-order valence-corrected chi connectivity index (χ0v) is 16.5. The van der Waals surface area contributed by atoms with Gasteiger partial charge in [-0.15, -0.1) is 0 Å². The molecular weight excluding hydrogens is 336 g/mol. The Morgan fingerprint density at radius 3 is 2.48 bits per heavy atom. The van der Waals surface area contributed by atoms with E-state index in [1.165, 1.54) is 36.8 Å². The minimum atomic E-state index is 0.0210. The van der Waals surface area contributed by atoms with E-state index >= 15 is 0 Å². The van der Waals surface area contributed by atoms with Gasteiger partial charge in [-0.2, -0.15) is 0 Å². The number of nitrogens with zero attached hydrogens (tertiary/aromatic N) is 1. The van der Waals surface area contributed by atoms with Crippen molar-refractivity contribution in [1.82, 2.24) is 10.2 Å². The van der Waals surface area contributed by atoms with Gasteiger partial charge in [0, 0.05) is 32.1 Å². The SMILES string of the molecule is CC(=O)N1CCC(Cc2ccc(C(=O)NCCC3=CCCCC3)cc2)CC1. The third-order valence-corrected chi connectivity index (χ3v) is 5.92. The standard InChI is InChI=1S/C23H32N2O2/c1-18(26)25-15-12-21(13-16-25)17-20-7-9-22(10-8-20)23(27)24-14-11-19-5-3-2-4-6-19/h5,7-10,21H,2-4,6,11-17H2,1H3,(H,24,27). The molecule has 1 saturated heterocycles. The number of amides is 2. The Morgan fingerprint density at radius 1 is 1.11 bits per heavy atom. The third-order valence-electron chi connectivity index (χ3n) is 5.92. The molecule has 1 aliphatic carbocycles. The molecule has 0 aromatic heterocycles. The number of nitrogens with one attached hydrogen (secondary N) is 1. The molecule has 2 aliphatic rings. The number of hydrogen-bond donors (Lipinski definition) is 1. The van der Waals surface area contributed by atoms with Gasteiger partial charge in [-0.1, -0.05) is 23.8 Å². The zero-order valence-electron chi connectivity index (χ0n) is 16.5. The molecule has 1 N–H and O–H groups in total. The van der Waals surface area contributed by atoms with Gasteiger partial charge < -0.3 is 10.2 Å². The second-order valence-corrected chi connectivity index (χ2v) is 7.96. The lowest BCUT2D eigenvalue weighted by Gasteiger charge is -2.31. The summed E-state index contributed by atoms with van der Waals surface area (Å²) in [6.45, 7) is 4.12. The summed E-state index contributed by atoms with van der Waals surface area (Å²) in [5.41, 5.74) is 3.51. The van der Waals surface area contributed by atoms with Gasteiger partial charge in [0.05, 0.1) is 0 Å². The van der Waals surface area contributed by atoms with Crippen molar-refractivity contribution in [3.8, 4) is 0 Å². The van der Waals surface area contributed by atoms with Crippen LogP contribution < -0.4 is 5.32 Å². The lowest BCUT2D eigenvalue weighted by Crippen LogP contribution is -2.37. The largest absolute Gasteiger partial charge is 0.352 e. The molecule has 0 radical (unpaired) electrons. The summed E-state index contributed by atoms with van der Waals surface area (Å²) in [6, 6.07) is 8.04. The lowest BCUT2D eigenvalue weighted by atomic mass is 9.90. The molecule has 1 fully saturated rings. The minimum Gasteiger partial charge on any atom is -0.352 e. The molecule has 1 aliphatic heterocycles. The van der Waals surface area contributed by atoms with Crippen LogP contribution in [0.15, 0.2) is 35.9 Å². The van der Waals surface area contributed by atoms with Crippen molar-refractivity contribution in [2.75, 3.05) is 19.6 Å². The van der Waals surface area contributed by atoms with Crippen molar-refractivity contribution in [2.45, 2.75) is 58.3 Å². The maximum absolute atomic E-state index is 12.3. The molecule has 27 heavy (non-hydrogen) atoms. The fraction of sp³-hybridized carbons (Fsp3) is 0.565. The van der Waals surface area contributed by atoms with Crippen LogP contribution in [0.5, 0.6) is 0 Å². The van der Waals surface area contributed by atoms with Crippen LogP contribution in [-0.2, 0) is 11.2 Å². The fourth-order valence-electron chi connectivity index (χ4n) is 4.15. The minimum absolute atomic E-state index is 0.0210. The van der Waals surface area contributed by atoms with Crippen LogP contribution >= 0.6 is 0 Å². The molecule has 2 amide bonds. The van der Waals surface area contributed by atoms with E-state index in [-0.39, 0.29) is 11.8 Å². The highest BCUT2D eigenvalue weighted by Crippen LogP contribution is 2.22. The summed E-state index contributed by atoms with van der Waals surface area (Å²) in [5.74, 6) is 0.834. The van der Waals surface area contributed by atoms with E-state index < -0.39 is 0 Å². The Bertz CT molecular complexity index is 670. The van der Waals surface area contributed by atoms with Crippen molar-refractivity contribution in [1.29, 1.82) is 0 Å². The molecule has 0 atom stereocenters. The third kappa shape index (κ3) is 5.95. The maximum Gasteiger partial charge on any atom is 0.251 e. The van der Waals surface area contributed by atoms with Gasteiger partial charge in [-0.05, 0) is 75.0 Å². The Labute approximate surface area is 163 Å². The number of carbonyl (C=O) groups is 2. The summed E-state index contributed by atoms with van der Waals surface area (Å²) in [7, 11) is 0. The number of likely N-dealkylation sites (tertiary alicyclic amines) is 1. The second kappa shape index (κ2) is 9.72. The lowest BCUT2D eigenvalue weighted by molar-refractivity contribution is -0.130. The molecule has 0 unspecified atom stereocenters. The van der Waals surface area contributed by atoms with E-state index in [0.29, 0.717) is 5.92 Å². The first-order valence-corrected chi connectivity index (χ1v) is 10.4. The molecule has 0 bridgehead atoms. The van der Waals surface area contributed by atoms with Crippen LogP contribution in [0.3, 0.4) is 0 Å². The number of rotatable bonds is 6. The number of benzene rings is 1. The van der Waals surface area contributed by atoms with Crippen molar-refractivity contribution >= 4 is 11.8 Å². The van der Waals surface area contributed by atoms with Gasteiger partial charge in [-0.3, -0.25) is 9.59 Å². The fourth-order valence-corrected chi connectivity index (χ4v) is 4.15. The van der Waals surface area contributed by atoms with Crippen LogP contribution in [0.1, 0.15) is 67.8 Å². The highest BCUT2D eigenvalue weighted by atomic mass is 16.2. The van der Waals surface area contributed by atoms with Gasteiger partial charge in [0.25, 0.3) is 5.91 Å². The molecule has 1 heterocycles. The second-order valence-electron chi connectivity index (χ2n) is 7.96. The summed E-state index contributed by atoms with van der Waals surface area (Å²) in [4.78, 5) is 25.7. The quantitative estimate of drug-likeness (QED) is 0.768. The van der Waals surface area contributed by atoms with Crippen molar-refractivity contribution in [3.05, 3.63) is 47.0 Å². The first-order valence-electron chi connectivity index (χ1n) is 10.4. The number of carbonyl (C=O) groups excluding carboxylic acids is 2. The van der Waals surface area contributed by atoms with Gasteiger partial charge in [-0.25, -0.2) is 0 Å². The number of hydrogen-bond acceptors (Lipinski definition) is 2. The van der Waals surface area contributed by atoms with Crippen LogP contribution in [0, 0.1) is 5.92 Å². The van der Waals surface area contributed by atoms with E-state index in [2.05, 4.69) is 23.5 Å². The monoisotopic (exact) mass is 368 g/mol. The zero-order chi connectivity index (χ0) is 19.1. The number of piperidine rings is 1. The highest BCUT2D eigenvalue weighted by Gasteiger charge is 2.20. The normalized spacial score (nSPS) is 18.1. The highest BCUT2D eigenvalue weighted by molar-refractivity contribution is 5.94. The molecule has 146 valence electrons. The van der Waals surface area contributed by atoms with Crippen LogP contribution in [0.25, 0.3) is 0 Å². The Kier molecular flexibility index (Phi) is 7.08. The molecule has 1 aromatic rings. The predicted molar refractivity (Wildman–Crippen MR) is 109 cm³/mol. The topological polar surface area (TPSA) is 49.4 Å². The van der Waals surface area contributed by atoms with Crippen LogP contribution in [0.4, 0.5) is 0 Å². The van der Waals surface area contributed by atoms with Crippen LogP contribution in [0.2, 0.25) is 0 Å². The smallest absolute Gasteiger partial charge is 0.251 e. The van der Waals surface area contributed by atoms with Gasteiger partial charge in [0.15, 0.2) is 0 Å². The first-order chi connectivity index (χ1) is 13.1. The first kappa shape index (κ1) is 19.7. The van der Waals surface area contributed by atoms with Gasteiger partial charge in [0.2, 0.25) is 5.91 Å². The Morgan fingerprint density at radius 2 is 1.85 bits per heavy atom. The number of allylic oxidation sites excluding steroid dienone is 1. The molecule has 3 rings (SSSR count). The predicted octanol–water partition coefficient (Wildman–Crippen LogP) is 4.11. The van der Waals surface area contributed by atoms with Crippen LogP contribution in [-0.4, -0.2) is 36.3 Å². The van der Waals surface area contributed by atoms with Crippen molar-refractivity contribution in [2.24, 2.45) is 5.92 Å². The Hall–Kier alpha value is -2.10. The van der Waals surface area contributed by atoms with E-state index in [0.717, 1.165) is 50.9 Å². The molecule has 0 saturated carbocycles. The molecular formula is C23H32N2O2. The molecule has 0 spiro atoms. The van der Waals surface area contributed by atoms with Crippen molar-refractivity contribution < 1.29 is 9.59 Å².